The minimum Gasteiger partial charge on any atom is -0.422 e. The van der Waals surface area contributed by atoms with Crippen LogP contribution in [0, 0.1) is 0 Å². The van der Waals surface area contributed by atoms with Gasteiger partial charge in [-0.25, -0.2) is 10.2 Å². The molecule has 0 unspecified atom stereocenters. The van der Waals surface area contributed by atoms with Crippen molar-refractivity contribution in [3.8, 4) is 5.75 Å². The fourth-order valence-electron chi connectivity index (χ4n) is 3.03. The highest BCUT2D eigenvalue weighted by molar-refractivity contribution is 6.36. The summed E-state index contributed by atoms with van der Waals surface area (Å²) in [6, 6.07) is 18.7. The lowest BCUT2D eigenvalue weighted by atomic mass is 10.0. The minimum atomic E-state index is -0.641. The van der Waals surface area contributed by atoms with Crippen molar-refractivity contribution in [2.24, 2.45) is 5.10 Å². The van der Waals surface area contributed by atoms with E-state index >= 15 is 0 Å². The summed E-state index contributed by atoms with van der Waals surface area (Å²) in [4.78, 5) is 28.9. The molecule has 0 radical (unpaired) electrons. The molecule has 6 nitrogen and oxygen atoms in total. The van der Waals surface area contributed by atoms with E-state index < -0.39 is 11.9 Å². The van der Waals surface area contributed by atoms with E-state index in [1.54, 1.807) is 24.3 Å². The van der Waals surface area contributed by atoms with Crippen LogP contribution in [0.15, 0.2) is 84.2 Å². The zero-order valence-corrected chi connectivity index (χ0v) is 18.0. The molecule has 0 aliphatic heterocycles. The summed E-state index contributed by atoms with van der Waals surface area (Å²) in [5.41, 5.74) is 3.59. The average Bonchev–Trinajstić information content (AvgIpc) is 2.80. The number of fused-ring (bicyclic) bond motifs is 1. The number of amides is 1. The van der Waals surface area contributed by atoms with E-state index in [0.717, 1.165) is 10.8 Å². The Kier molecular flexibility index (Phi) is 6.44. The number of hydrogen-bond donors (Lipinski definition) is 1. The van der Waals surface area contributed by atoms with E-state index in [-0.39, 0.29) is 16.3 Å². The van der Waals surface area contributed by atoms with Crippen LogP contribution < -0.4 is 10.2 Å². The molecule has 4 aromatic rings. The van der Waals surface area contributed by atoms with E-state index in [1.165, 1.54) is 30.7 Å². The van der Waals surface area contributed by atoms with Crippen molar-refractivity contribution in [2.45, 2.75) is 0 Å². The largest absolute Gasteiger partial charge is 0.422 e. The van der Waals surface area contributed by atoms with Gasteiger partial charge in [-0.3, -0.25) is 9.78 Å². The highest BCUT2D eigenvalue weighted by Gasteiger charge is 2.16. The molecule has 1 N–H and O–H groups in total. The number of hydrazone groups is 1. The number of aromatic nitrogens is 1. The molecule has 8 heteroatoms. The van der Waals surface area contributed by atoms with Crippen molar-refractivity contribution < 1.29 is 14.3 Å². The molecule has 32 heavy (non-hydrogen) atoms. The molecule has 0 bridgehead atoms. The number of benzene rings is 3. The lowest BCUT2D eigenvalue weighted by Gasteiger charge is -2.11. The van der Waals surface area contributed by atoms with E-state index in [4.69, 9.17) is 27.9 Å². The molecule has 158 valence electrons. The number of hydrogen-bond acceptors (Lipinski definition) is 5. The lowest BCUT2D eigenvalue weighted by molar-refractivity contribution is 0.0734. The van der Waals surface area contributed by atoms with Crippen molar-refractivity contribution in [3.05, 3.63) is 106 Å². The maximum absolute atomic E-state index is 12.7. The summed E-state index contributed by atoms with van der Waals surface area (Å²) in [6.07, 6.45) is 4.47. The highest BCUT2D eigenvalue weighted by Crippen LogP contribution is 2.29. The predicted molar refractivity (Wildman–Crippen MR) is 125 cm³/mol. The zero-order chi connectivity index (χ0) is 22.5. The molecule has 0 aliphatic rings. The van der Waals surface area contributed by atoms with E-state index in [9.17, 15) is 9.59 Å². The van der Waals surface area contributed by atoms with Crippen LogP contribution in [-0.2, 0) is 0 Å². The molecule has 0 saturated carbocycles. The molecule has 0 fully saturated rings. The van der Waals surface area contributed by atoms with Gasteiger partial charge in [-0.15, -0.1) is 0 Å². The maximum Gasteiger partial charge on any atom is 0.345 e. The second-order valence-corrected chi connectivity index (χ2v) is 7.49. The molecular weight excluding hydrogens is 449 g/mol. The topological polar surface area (TPSA) is 80.6 Å². The molecular formula is C24H15Cl2N3O3. The number of esters is 1. The van der Waals surface area contributed by atoms with Crippen molar-refractivity contribution in [2.75, 3.05) is 0 Å². The third kappa shape index (κ3) is 4.77. The van der Waals surface area contributed by atoms with Gasteiger partial charge in [0.05, 0.1) is 16.8 Å². The van der Waals surface area contributed by atoms with Crippen LogP contribution >= 0.6 is 23.2 Å². The molecule has 1 heterocycles. The Morgan fingerprint density at radius 3 is 2.53 bits per heavy atom. The van der Waals surface area contributed by atoms with E-state index in [1.807, 2.05) is 30.3 Å². The number of carbonyl (C=O) groups excluding carboxylic acids is 2. The summed E-state index contributed by atoms with van der Waals surface area (Å²) >= 11 is 12.0. The Hall–Kier alpha value is -3.74. The van der Waals surface area contributed by atoms with Crippen molar-refractivity contribution in [3.63, 3.8) is 0 Å². The van der Waals surface area contributed by atoms with Gasteiger partial charge < -0.3 is 4.74 Å². The number of rotatable bonds is 5. The van der Waals surface area contributed by atoms with E-state index in [2.05, 4.69) is 15.5 Å². The zero-order valence-electron chi connectivity index (χ0n) is 16.5. The van der Waals surface area contributed by atoms with Gasteiger partial charge in [-0.05, 0) is 47.2 Å². The Labute approximate surface area is 193 Å². The minimum absolute atomic E-state index is 0.179. The molecule has 0 aliphatic carbocycles. The van der Waals surface area contributed by atoms with E-state index in [0.29, 0.717) is 16.1 Å². The van der Waals surface area contributed by atoms with Crippen LogP contribution in [0.2, 0.25) is 10.0 Å². The summed E-state index contributed by atoms with van der Waals surface area (Å²) in [5.74, 6) is -0.769. The number of ether oxygens (including phenoxy) is 1. The number of nitrogens with zero attached hydrogens (tertiary/aromatic N) is 2. The third-order valence-electron chi connectivity index (χ3n) is 4.59. The molecule has 0 spiro atoms. The Morgan fingerprint density at radius 1 is 0.969 bits per heavy atom. The molecule has 1 amide bonds. The number of pyridine rings is 1. The van der Waals surface area contributed by atoms with Gasteiger partial charge in [0.1, 0.15) is 5.75 Å². The van der Waals surface area contributed by atoms with Gasteiger partial charge in [0, 0.05) is 28.5 Å². The average molecular weight is 464 g/mol. The Bertz CT molecular complexity index is 1340. The number of halogens is 2. The van der Waals surface area contributed by atoms with Gasteiger partial charge >= 0.3 is 5.97 Å². The fourth-order valence-corrected chi connectivity index (χ4v) is 3.52. The van der Waals surface area contributed by atoms with Crippen LogP contribution in [0.5, 0.6) is 5.75 Å². The SMILES string of the molecule is O=C(NN=Cc1c(OC(=O)c2ccc(Cl)cc2Cl)ccc2ccccc12)c1ccncc1. The van der Waals surface area contributed by atoms with Gasteiger partial charge in [-0.1, -0.05) is 53.5 Å². The molecule has 0 atom stereocenters. The summed E-state index contributed by atoms with van der Waals surface area (Å²) in [5, 5.41) is 6.36. The first kappa shape index (κ1) is 21.5. The van der Waals surface area contributed by atoms with Crippen molar-refractivity contribution in [1.82, 2.24) is 10.4 Å². The number of carbonyl (C=O) groups is 2. The predicted octanol–water partition coefficient (Wildman–Crippen LogP) is 5.52. The highest BCUT2D eigenvalue weighted by atomic mass is 35.5. The monoisotopic (exact) mass is 463 g/mol. The first-order valence-corrected chi connectivity index (χ1v) is 10.2. The van der Waals surface area contributed by atoms with Crippen LogP contribution in [0.25, 0.3) is 10.8 Å². The first-order valence-electron chi connectivity index (χ1n) is 9.45. The van der Waals surface area contributed by atoms with Crippen LogP contribution in [0.4, 0.5) is 0 Å². The normalized spacial score (nSPS) is 10.9. The van der Waals surface area contributed by atoms with Crippen LogP contribution in [0.1, 0.15) is 26.3 Å². The van der Waals surface area contributed by atoms with Gasteiger partial charge in [-0.2, -0.15) is 5.10 Å². The molecule has 3 aromatic carbocycles. The quantitative estimate of drug-likeness (QED) is 0.182. The second-order valence-electron chi connectivity index (χ2n) is 6.65. The standard InChI is InChI=1S/C24H15Cl2N3O3/c25-17-6-7-19(21(26)13-17)24(31)32-22-8-5-15-3-1-2-4-18(15)20(22)14-28-29-23(30)16-9-11-27-12-10-16/h1-14H,(H,29,30). The molecule has 1 aromatic heterocycles. The molecule has 4 rings (SSSR count). The Balaban J connectivity index is 1.65. The maximum atomic E-state index is 12.7. The van der Waals surface area contributed by atoms with Gasteiger partial charge in [0.2, 0.25) is 0 Å². The van der Waals surface area contributed by atoms with Crippen LogP contribution in [-0.4, -0.2) is 23.1 Å². The van der Waals surface area contributed by atoms with Crippen molar-refractivity contribution >= 4 is 52.1 Å². The number of nitrogens with one attached hydrogen (secondary N) is 1. The second kappa shape index (κ2) is 9.60. The lowest BCUT2D eigenvalue weighted by Crippen LogP contribution is -2.17. The van der Waals surface area contributed by atoms with Crippen LogP contribution in [0.3, 0.4) is 0 Å². The summed E-state index contributed by atoms with van der Waals surface area (Å²) in [7, 11) is 0. The van der Waals surface area contributed by atoms with Gasteiger partial charge in [0.25, 0.3) is 5.91 Å². The van der Waals surface area contributed by atoms with Crippen molar-refractivity contribution in [1.29, 1.82) is 0 Å². The fraction of sp³-hybridized carbons (Fsp3) is 0. The Morgan fingerprint density at radius 2 is 1.75 bits per heavy atom. The smallest absolute Gasteiger partial charge is 0.345 e. The summed E-state index contributed by atoms with van der Waals surface area (Å²) in [6.45, 7) is 0. The summed E-state index contributed by atoms with van der Waals surface area (Å²) < 4.78 is 5.62. The molecule has 0 saturated heterocycles. The van der Waals surface area contributed by atoms with Gasteiger partial charge in [0.15, 0.2) is 0 Å². The third-order valence-corrected chi connectivity index (χ3v) is 5.13. The first-order chi connectivity index (χ1) is 15.5.